The Kier molecular flexibility index (Phi) is 10.1. The molecule has 182 valence electrons. The first-order chi connectivity index (χ1) is 16.9. The predicted molar refractivity (Wildman–Crippen MR) is 141 cm³/mol. The molecule has 3 aromatic rings. The highest BCUT2D eigenvalue weighted by Gasteiger charge is 2.12. The Bertz CT molecular complexity index is 1140. The summed E-state index contributed by atoms with van der Waals surface area (Å²) < 4.78 is 17.1. The Morgan fingerprint density at radius 2 is 1.49 bits per heavy atom. The van der Waals surface area contributed by atoms with Crippen LogP contribution in [0.1, 0.15) is 43.0 Å². The monoisotopic (exact) mass is 536 g/mol. The molecule has 0 saturated heterocycles. The van der Waals surface area contributed by atoms with Crippen LogP contribution in [0.2, 0.25) is 0 Å². The Morgan fingerprint density at radius 1 is 0.829 bits per heavy atom. The van der Waals surface area contributed by atoms with Crippen LogP contribution in [0.4, 0.5) is 0 Å². The summed E-state index contributed by atoms with van der Waals surface area (Å²) >= 11 is 3.48. The molecule has 0 atom stereocenters. The van der Waals surface area contributed by atoms with E-state index in [0.29, 0.717) is 40.3 Å². The molecule has 0 N–H and O–H groups in total. The minimum absolute atomic E-state index is 0.341. The number of esters is 2. The van der Waals surface area contributed by atoms with Crippen molar-refractivity contribution >= 4 is 27.9 Å². The fourth-order valence-corrected chi connectivity index (χ4v) is 3.78. The van der Waals surface area contributed by atoms with Crippen molar-refractivity contribution in [1.82, 2.24) is 0 Å². The number of ether oxygens (including phenoxy) is 3. The Hall–Kier alpha value is -3.38. The minimum atomic E-state index is -0.433. The molecule has 0 aliphatic carbocycles. The lowest BCUT2D eigenvalue weighted by molar-refractivity contribution is -0.139. The van der Waals surface area contributed by atoms with Crippen LogP contribution in [0.3, 0.4) is 0 Å². The maximum Gasteiger partial charge on any atom is 0.343 e. The number of rotatable bonds is 12. The van der Waals surface area contributed by atoms with Crippen molar-refractivity contribution in [3.05, 3.63) is 95.0 Å². The molecule has 0 bridgehead atoms. The lowest BCUT2D eigenvalue weighted by Crippen LogP contribution is -2.09. The molecule has 0 radical (unpaired) electrons. The molecule has 0 aliphatic rings. The van der Waals surface area contributed by atoms with Gasteiger partial charge < -0.3 is 14.2 Å². The smallest absolute Gasteiger partial charge is 0.343 e. The van der Waals surface area contributed by atoms with Crippen LogP contribution >= 0.6 is 15.9 Å². The maximum absolute atomic E-state index is 12.6. The van der Waals surface area contributed by atoms with Gasteiger partial charge in [0, 0.05) is 5.57 Å². The minimum Gasteiger partial charge on any atom is -0.492 e. The fourth-order valence-electron chi connectivity index (χ4n) is 3.28. The first kappa shape index (κ1) is 26.2. The van der Waals surface area contributed by atoms with Gasteiger partial charge in [-0.3, -0.25) is 0 Å². The highest BCUT2D eigenvalue weighted by Crippen LogP contribution is 2.27. The molecule has 0 aromatic heterocycles. The quantitative estimate of drug-likeness (QED) is 0.104. The van der Waals surface area contributed by atoms with E-state index in [1.54, 1.807) is 37.3 Å². The molecular formula is C29H29BrO5. The van der Waals surface area contributed by atoms with Gasteiger partial charge >= 0.3 is 11.9 Å². The number of unbranched alkanes of at least 4 members (excludes halogenated alkanes) is 3. The largest absolute Gasteiger partial charge is 0.492 e. The summed E-state index contributed by atoms with van der Waals surface area (Å²) in [6.45, 7) is 6.16. The van der Waals surface area contributed by atoms with Crippen LogP contribution in [-0.4, -0.2) is 25.2 Å². The number of halogens is 1. The molecule has 3 rings (SSSR count). The third kappa shape index (κ3) is 8.41. The van der Waals surface area contributed by atoms with E-state index in [1.165, 1.54) is 0 Å². The summed E-state index contributed by atoms with van der Waals surface area (Å²) in [5.41, 5.74) is 3.01. The van der Waals surface area contributed by atoms with E-state index in [-0.39, 0.29) is 5.97 Å². The number of hydrogen-bond acceptors (Lipinski definition) is 5. The number of carbonyl (C=O) groups is 2. The second-order valence-electron chi connectivity index (χ2n) is 8.10. The SMILES string of the molecule is C=C(C)C(=O)OCCCCCCOc1ccc(C(=O)Oc2ccc(-c3ccccc3)cc2)cc1Br. The van der Waals surface area contributed by atoms with Gasteiger partial charge in [-0.25, -0.2) is 9.59 Å². The van der Waals surface area contributed by atoms with Crippen LogP contribution in [-0.2, 0) is 9.53 Å². The third-order valence-corrected chi connectivity index (χ3v) is 5.84. The normalized spacial score (nSPS) is 10.5. The maximum atomic E-state index is 12.6. The molecule has 5 nitrogen and oxygen atoms in total. The van der Waals surface area contributed by atoms with Crippen molar-refractivity contribution in [2.24, 2.45) is 0 Å². The second-order valence-corrected chi connectivity index (χ2v) is 8.96. The van der Waals surface area contributed by atoms with E-state index in [9.17, 15) is 9.59 Å². The molecule has 0 unspecified atom stereocenters. The molecule has 0 amide bonds. The average molecular weight is 537 g/mol. The highest BCUT2D eigenvalue weighted by molar-refractivity contribution is 9.10. The van der Waals surface area contributed by atoms with Gasteiger partial charge in [-0.05, 0) is 90.0 Å². The van der Waals surface area contributed by atoms with Crippen LogP contribution in [0.15, 0.2) is 89.4 Å². The van der Waals surface area contributed by atoms with Gasteiger partial charge in [0.25, 0.3) is 0 Å². The van der Waals surface area contributed by atoms with E-state index >= 15 is 0 Å². The van der Waals surface area contributed by atoms with E-state index in [2.05, 4.69) is 22.5 Å². The number of hydrogen-bond donors (Lipinski definition) is 0. The van der Waals surface area contributed by atoms with Crippen LogP contribution < -0.4 is 9.47 Å². The van der Waals surface area contributed by atoms with Gasteiger partial charge in [-0.2, -0.15) is 0 Å². The highest BCUT2D eigenvalue weighted by atomic mass is 79.9. The lowest BCUT2D eigenvalue weighted by Gasteiger charge is -2.10. The van der Waals surface area contributed by atoms with Crippen molar-refractivity contribution in [1.29, 1.82) is 0 Å². The van der Waals surface area contributed by atoms with Crippen molar-refractivity contribution in [3.63, 3.8) is 0 Å². The third-order valence-electron chi connectivity index (χ3n) is 5.22. The molecule has 0 saturated carbocycles. The molecule has 35 heavy (non-hydrogen) atoms. The summed E-state index contributed by atoms with van der Waals surface area (Å²) in [4.78, 5) is 23.9. The second kappa shape index (κ2) is 13.5. The van der Waals surface area contributed by atoms with E-state index < -0.39 is 5.97 Å². The zero-order valence-corrected chi connectivity index (χ0v) is 21.4. The van der Waals surface area contributed by atoms with Crippen LogP contribution in [0.25, 0.3) is 11.1 Å². The summed E-state index contributed by atoms with van der Waals surface area (Å²) in [5.74, 6) is 0.383. The van der Waals surface area contributed by atoms with Gasteiger partial charge in [0.15, 0.2) is 0 Å². The standard InChI is InChI=1S/C29H29BrO5/c1-21(2)28(31)34-19-9-4-3-8-18-33-27-17-14-24(20-26(27)30)29(32)35-25-15-12-23(13-16-25)22-10-6-5-7-11-22/h5-7,10-17,20H,1,3-4,8-9,18-19H2,2H3. The van der Waals surface area contributed by atoms with Gasteiger partial charge in [0.05, 0.1) is 23.2 Å². The topological polar surface area (TPSA) is 61.8 Å². The molecule has 0 heterocycles. The molecule has 0 aliphatic heterocycles. The molecule has 0 fully saturated rings. The van der Waals surface area contributed by atoms with Crippen molar-refractivity contribution in [2.75, 3.05) is 13.2 Å². The van der Waals surface area contributed by atoms with Crippen molar-refractivity contribution < 1.29 is 23.8 Å². The first-order valence-electron chi connectivity index (χ1n) is 11.6. The van der Waals surface area contributed by atoms with Crippen molar-refractivity contribution in [3.8, 4) is 22.6 Å². The number of carbonyl (C=O) groups excluding carboxylic acids is 2. The van der Waals surface area contributed by atoms with Gasteiger partial charge in [0.1, 0.15) is 11.5 Å². The summed E-state index contributed by atoms with van der Waals surface area (Å²) in [7, 11) is 0. The van der Waals surface area contributed by atoms with E-state index in [4.69, 9.17) is 14.2 Å². The average Bonchev–Trinajstić information content (AvgIpc) is 2.87. The fraction of sp³-hybridized carbons (Fsp3) is 0.241. The zero-order valence-electron chi connectivity index (χ0n) is 19.8. The molecule has 6 heteroatoms. The summed E-state index contributed by atoms with van der Waals surface area (Å²) in [6, 6.07) is 22.6. The Labute approximate surface area is 214 Å². The molecule has 3 aromatic carbocycles. The van der Waals surface area contributed by atoms with Gasteiger partial charge in [-0.1, -0.05) is 49.0 Å². The van der Waals surface area contributed by atoms with E-state index in [0.717, 1.165) is 36.8 Å². The molecular weight excluding hydrogens is 508 g/mol. The van der Waals surface area contributed by atoms with Gasteiger partial charge in [-0.15, -0.1) is 0 Å². The molecule has 0 spiro atoms. The lowest BCUT2D eigenvalue weighted by atomic mass is 10.1. The summed E-state index contributed by atoms with van der Waals surface area (Å²) in [5, 5.41) is 0. The Balaban J connectivity index is 1.41. The number of benzene rings is 3. The predicted octanol–water partition coefficient (Wildman–Crippen LogP) is 7.39. The zero-order chi connectivity index (χ0) is 25.0. The van der Waals surface area contributed by atoms with Crippen LogP contribution in [0.5, 0.6) is 11.5 Å². The van der Waals surface area contributed by atoms with Crippen molar-refractivity contribution in [2.45, 2.75) is 32.6 Å². The summed E-state index contributed by atoms with van der Waals surface area (Å²) in [6.07, 6.45) is 3.61. The first-order valence-corrected chi connectivity index (χ1v) is 12.4. The van der Waals surface area contributed by atoms with E-state index in [1.807, 2.05) is 42.5 Å². The van der Waals surface area contributed by atoms with Crippen LogP contribution in [0, 0.1) is 0 Å². The Morgan fingerprint density at radius 3 is 2.14 bits per heavy atom. The van der Waals surface area contributed by atoms with Gasteiger partial charge in [0.2, 0.25) is 0 Å².